The molecule has 0 spiro atoms. The molecule has 5 rings (SSSR count). The number of aromatic nitrogens is 4. The Bertz CT molecular complexity index is 1430. The maximum atomic E-state index is 11.6. The molecule has 8 heteroatoms. The summed E-state index contributed by atoms with van der Waals surface area (Å²) in [5.74, 6) is 0.666. The topological polar surface area (TPSA) is 122 Å². The molecule has 4 aromatic rings. The number of nitriles is 1. The molecule has 0 unspecified atom stereocenters. The van der Waals surface area contributed by atoms with E-state index in [1.54, 1.807) is 12.3 Å². The Labute approximate surface area is 177 Å². The van der Waals surface area contributed by atoms with Crippen LogP contribution in [0.25, 0.3) is 38.9 Å². The van der Waals surface area contributed by atoms with Crippen LogP contribution in [0.1, 0.15) is 24.5 Å². The van der Waals surface area contributed by atoms with Gasteiger partial charge in [-0.05, 0) is 41.5 Å². The number of pyridine rings is 1. The summed E-state index contributed by atoms with van der Waals surface area (Å²) in [6.07, 6.45) is 6.06. The molecule has 31 heavy (non-hydrogen) atoms. The number of hydrogen-bond acceptors (Lipinski definition) is 5. The lowest BCUT2D eigenvalue weighted by atomic mass is 10.0. The molecule has 0 radical (unpaired) electrons. The van der Waals surface area contributed by atoms with Gasteiger partial charge in [-0.25, -0.2) is 4.98 Å². The van der Waals surface area contributed by atoms with Crippen LogP contribution in [0.15, 0.2) is 54.5 Å². The highest BCUT2D eigenvalue weighted by atomic mass is 16.1. The number of allylic oxidation sites excluding steroid dienone is 2. The molecule has 3 aromatic heterocycles. The van der Waals surface area contributed by atoms with E-state index in [-0.39, 0.29) is 5.91 Å². The van der Waals surface area contributed by atoms with Crippen LogP contribution in [0, 0.1) is 11.3 Å². The van der Waals surface area contributed by atoms with Crippen molar-refractivity contribution in [1.29, 1.82) is 5.26 Å². The van der Waals surface area contributed by atoms with Crippen molar-refractivity contribution in [2.24, 2.45) is 0 Å². The fraction of sp³-hybridized carbons (Fsp3) is 0.130. The average molecular weight is 409 g/mol. The van der Waals surface area contributed by atoms with Gasteiger partial charge in [0.25, 0.3) is 0 Å². The minimum Gasteiger partial charge on any atom is -0.367 e. The van der Waals surface area contributed by atoms with Crippen molar-refractivity contribution in [3.63, 3.8) is 0 Å². The van der Waals surface area contributed by atoms with Gasteiger partial charge in [0.05, 0.1) is 23.0 Å². The monoisotopic (exact) mass is 409 g/mol. The minimum atomic E-state index is -0.0281. The number of H-pyrrole nitrogens is 2. The van der Waals surface area contributed by atoms with E-state index in [2.05, 4.69) is 42.9 Å². The smallest absolute Gasteiger partial charge is 0.225 e. The number of amides is 1. The van der Waals surface area contributed by atoms with Gasteiger partial charge >= 0.3 is 0 Å². The molecule has 1 aliphatic heterocycles. The van der Waals surface area contributed by atoms with E-state index in [1.165, 1.54) is 0 Å². The number of carbonyl (C=O) groups is 1. The third-order valence-electron chi connectivity index (χ3n) is 5.35. The number of aromatic amines is 2. The van der Waals surface area contributed by atoms with E-state index < -0.39 is 0 Å². The number of hydrogen-bond donors (Lipinski definition) is 4. The third kappa shape index (κ3) is 3.32. The van der Waals surface area contributed by atoms with Gasteiger partial charge in [-0.15, -0.1) is 0 Å². The Kier molecular flexibility index (Phi) is 4.49. The zero-order chi connectivity index (χ0) is 21.4. The predicted octanol–water partition coefficient (Wildman–Crippen LogP) is 3.33. The van der Waals surface area contributed by atoms with Crippen molar-refractivity contribution in [1.82, 2.24) is 30.8 Å². The lowest BCUT2D eigenvalue weighted by Crippen LogP contribution is -2.33. The predicted molar refractivity (Wildman–Crippen MR) is 118 cm³/mol. The molecule has 0 saturated heterocycles. The summed E-state index contributed by atoms with van der Waals surface area (Å²) in [4.78, 5) is 19.4. The van der Waals surface area contributed by atoms with Crippen LogP contribution in [0.5, 0.6) is 0 Å². The molecule has 0 aliphatic carbocycles. The lowest BCUT2D eigenvalue weighted by molar-refractivity contribution is -0.120. The molecule has 0 fully saturated rings. The normalized spacial score (nSPS) is 13.4. The number of benzene rings is 1. The molecule has 0 atom stereocenters. The van der Waals surface area contributed by atoms with Crippen LogP contribution in [-0.4, -0.2) is 32.6 Å². The highest BCUT2D eigenvalue weighted by Crippen LogP contribution is 2.31. The maximum absolute atomic E-state index is 11.6. The SMILES string of the molecule is CCC(=O)NC1=CC=C(c2cnc3n[nH]c(-c4cc5c(C#N)cccc5[nH]4)c3c2)CN1. The van der Waals surface area contributed by atoms with E-state index in [1.807, 2.05) is 37.3 Å². The van der Waals surface area contributed by atoms with Crippen molar-refractivity contribution in [2.75, 3.05) is 6.54 Å². The first-order valence-electron chi connectivity index (χ1n) is 9.97. The Morgan fingerprint density at radius 1 is 1.26 bits per heavy atom. The first-order chi connectivity index (χ1) is 15.2. The van der Waals surface area contributed by atoms with E-state index in [0.717, 1.165) is 38.8 Å². The summed E-state index contributed by atoms with van der Waals surface area (Å²) >= 11 is 0. The number of fused-ring (bicyclic) bond motifs is 2. The lowest BCUT2D eigenvalue weighted by Gasteiger charge is -2.18. The first kappa shape index (κ1) is 18.6. The Balaban J connectivity index is 1.53. The van der Waals surface area contributed by atoms with Crippen LogP contribution in [0.4, 0.5) is 0 Å². The summed E-state index contributed by atoms with van der Waals surface area (Å²) in [7, 11) is 0. The van der Waals surface area contributed by atoms with Gasteiger partial charge in [0.2, 0.25) is 5.91 Å². The zero-order valence-corrected chi connectivity index (χ0v) is 16.8. The van der Waals surface area contributed by atoms with Crippen LogP contribution < -0.4 is 10.6 Å². The molecule has 152 valence electrons. The summed E-state index contributed by atoms with van der Waals surface area (Å²) < 4.78 is 0. The highest BCUT2D eigenvalue weighted by Gasteiger charge is 2.15. The average Bonchev–Trinajstić information content (AvgIpc) is 3.42. The largest absolute Gasteiger partial charge is 0.367 e. The van der Waals surface area contributed by atoms with Gasteiger partial charge in [0, 0.05) is 35.5 Å². The molecule has 4 heterocycles. The fourth-order valence-electron chi connectivity index (χ4n) is 3.68. The molecular weight excluding hydrogens is 390 g/mol. The van der Waals surface area contributed by atoms with Crippen LogP contribution >= 0.6 is 0 Å². The van der Waals surface area contributed by atoms with Gasteiger partial charge in [-0.3, -0.25) is 9.89 Å². The van der Waals surface area contributed by atoms with E-state index in [9.17, 15) is 10.1 Å². The van der Waals surface area contributed by atoms with E-state index >= 15 is 0 Å². The molecule has 0 saturated carbocycles. The third-order valence-corrected chi connectivity index (χ3v) is 5.35. The highest BCUT2D eigenvalue weighted by molar-refractivity contribution is 5.97. The van der Waals surface area contributed by atoms with E-state index in [0.29, 0.717) is 30.0 Å². The van der Waals surface area contributed by atoms with Gasteiger partial charge in [-0.1, -0.05) is 19.1 Å². The fourth-order valence-corrected chi connectivity index (χ4v) is 3.68. The Hall–Kier alpha value is -4.38. The second-order valence-electron chi connectivity index (χ2n) is 7.28. The molecule has 1 aliphatic rings. The Morgan fingerprint density at radius 2 is 2.16 bits per heavy atom. The van der Waals surface area contributed by atoms with Crippen LogP contribution in [0.3, 0.4) is 0 Å². The van der Waals surface area contributed by atoms with Gasteiger partial charge in [0.1, 0.15) is 5.82 Å². The summed E-state index contributed by atoms with van der Waals surface area (Å²) in [5.41, 5.74) is 5.83. The molecule has 1 aromatic carbocycles. The van der Waals surface area contributed by atoms with Crippen molar-refractivity contribution in [3.05, 3.63) is 65.6 Å². The van der Waals surface area contributed by atoms with Crippen molar-refractivity contribution in [3.8, 4) is 17.5 Å². The summed E-state index contributed by atoms with van der Waals surface area (Å²) in [6, 6.07) is 11.9. The Morgan fingerprint density at radius 3 is 2.94 bits per heavy atom. The van der Waals surface area contributed by atoms with Crippen molar-refractivity contribution >= 4 is 33.4 Å². The standard InChI is InChI=1S/C23H19N7O/c1-2-21(31)28-20-7-6-14(11-25-20)15-8-17-22(29-30-23(17)26-12-15)19-9-16-13(10-24)4-3-5-18(16)27-19/h3-9,12,25,27H,2,11H2,1H3,(H,28,31)(H,26,29,30). The van der Waals surface area contributed by atoms with E-state index in [4.69, 9.17) is 0 Å². The first-order valence-corrected chi connectivity index (χ1v) is 9.97. The van der Waals surface area contributed by atoms with Crippen LogP contribution in [-0.2, 0) is 4.79 Å². The van der Waals surface area contributed by atoms with Gasteiger partial charge in [0.15, 0.2) is 5.65 Å². The number of nitrogens with zero attached hydrogens (tertiary/aromatic N) is 3. The molecule has 4 N–H and O–H groups in total. The number of dihydropyridines is 1. The number of rotatable bonds is 4. The van der Waals surface area contributed by atoms with Crippen LogP contribution in [0.2, 0.25) is 0 Å². The second kappa shape index (κ2) is 7.46. The zero-order valence-electron chi connectivity index (χ0n) is 16.8. The minimum absolute atomic E-state index is 0.0281. The van der Waals surface area contributed by atoms with Crippen molar-refractivity contribution < 1.29 is 4.79 Å². The summed E-state index contributed by atoms with van der Waals surface area (Å²) in [6.45, 7) is 2.39. The van der Waals surface area contributed by atoms with Gasteiger partial charge in [-0.2, -0.15) is 10.4 Å². The second-order valence-corrected chi connectivity index (χ2v) is 7.28. The quantitative estimate of drug-likeness (QED) is 0.412. The molecular formula is C23H19N7O. The summed E-state index contributed by atoms with van der Waals surface area (Å²) in [5, 5.41) is 24.6. The molecule has 1 amide bonds. The molecule has 8 nitrogen and oxygen atoms in total. The number of carbonyl (C=O) groups excluding carboxylic acids is 1. The number of nitrogens with one attached hydrogen (secondary N) is 4. The maximum Gasteiger partial charge on any atom is 0.225 e. The molecule has 0 bridgehead atoms. The van der Waals surface area contributed by atoms with Gasteiger partial charge < -0.3 is 15.6 Å². The van der Waals surface area contributed by atoms with Crippen molar-refractivity contribution in [2.45, 2.75) is 13.3 Å².